The molecule has 1 aliphatic rings. The molecule has 1 N–H and O–H groups in total. The molecule has 0 bridgehead atoms. The molecule has 0 saturated carbocycles. The summed E-state index contributed by atoms with van der Waals surface area (Å²) in [6, 6.07) is 13.8. The zero-order chi connectivity index (χ0) is 21.0. The Morgan fingerprint density at radius 1 is 1.07 bits per heavy atom. The van der Waals surface area contributed by atoms with Crippen molar-refractivity contribution in [2.45, 2.75) is 38.0 Å². The van der Waals surface area contributed by atoms with Crippen LogP contribution in [0.1, 0.15) is 42.6 Å². The minimum absolute atomic E-state index is 0.0751. The Balaban J connectivity index is 1.64. The van der Waals surface area contributed by atoms with Crippen LogP contribution in [0.15, 0.2) is 53.4 Å². The summed E-state index contributed by atoms with van der Waals surface area (Å²) in [7, 11) is -3.69. The van der Waals surface area contributed by atoms with Crippen LogP contribution in [0.5, 0.6) is 0 Å². The van der Waals surface area contributed by atoms with Crippen LogP contribution < -0.4 is 5.32 Å². The van der Waals surface area contributed by atoms with Crippen LogP contribution >= 0.6 is 0 Å². The fraction of sp³-hybridized carbons (Fsp3) is 0.364. The molecule has 6 nitrogen and oxygen atoms in total. The molecule has 0 aliphatic carbocycles. The minimum atomic E-state index is -3.69. The highest BCUT2D eigenvalue weighted by atomic mass is 32.2. The van der Waals surface area contributed by atoms with Crippen LogP contribution in [0.3, 0.4) is 0 Å². The van der Waals surface area contributed by atoms with Crippen molar-refractivity contribution in [2.75, 3.05) is 18.4 Å². The second-order valence-electron chi connectivity index (χ2n) is 7.31. The molecule has 1 fully saturated rings. The van der Waals surface area contributed by atoms with Gasteiger partial charge in [-0.25, -0.2) is 8.42 Å². The van der Waals surface area contributed by atoms with Crippen LogP contribution in [0.25, 0.3) is 0 Å². The molecule has 154 valence electrons. The second-order valence-corrected chi connectivity index (χ2v) is 9.24. The Labute approximate surface area is 172 Å². The molecule has 0 radical (unpaired) electrons. The predicted octanol–water partition coefficient (Wildman–Crippen LogP) is 3.49. The Kier molecular flexibility index (Phi) is 6.49. The van der Waals surface area contributed by atoms with Gasteiger partial charge in [0.1, 0.15) is 0 Å². The maximum absolute atomic E-state index is 12.9. The van der Waals surface area contributed by atoms with Crippen molar-refractivity contribution in [3.05, 3.63) is 59.7 Å². The maximum atomic E-state index is 12.9. The van der Waals surface area contributed by atoms with E-state index in [4.69, 9.17) is 0 Å². The summed E-state index contributed by atoms with van der Waals surface area (Å²) >= 11 is 0. The lowest BCUT2D eigenvalue weighted by molar-refractivity contribution is -0.120. The number of ketones is 1. The van der Waals surface area contributed by atoms with E-state index < -0.39 is 10.0 Å². The number of carbonyl (C=O) groups excluding carboxylic acids is 2. The molecule has 3 rings (SSSR count). The number of anilines is 1. The summed E-state index contributed by atoms with van der Waals surface area (Å²) in [5.41, 5.74) is 2.29. The van der Waals surface area contributed by atoms with E-state index in [1.807, 2.05) is 24.3 Å². The van der Waals surface area contributed by atoms with Gasteiger partial charge in [0, 0.05) is 30.3 Å². The second kappa shape index (κ2) is 8.88. The number of nitrogens with one attached hydrogen (secondary N) is 1. The molecular formula is C22H26N2O4S. The number of carbonyl (C=O) groups is 2. The van der Waals surface area contributed by atoms with E-state index in [2.05, 4.69) is 12.2 Å². The van der Waals surface area contributed by atoms with Gasteiger partial charge in [-0.1, -0.05) is 31.2 Å². The highest BCUT2D eigenvalue weighted by molar-refractivity contribution is 7.89. The van der Waals surface area contributed by atoms with E-state index in [0.29, 0.717) is 18.4 Å². The Morgan fingerprint density at radius 2 is 1.76 bits per heavy atom. The van der Waals surface area contributed by atoms with E-state index in [9.17, 15) is 18.0 Å². The molecule has 0 spiro atoms. The summed E-state index contributed by atoms with van der Waals surface area (Å²) in [6.45, 7) is 4.02. The zero-order valence-corrected chi connectivity index (χ0v) is 17.5. The van der Waals surface area contributed by atoms with Gasteiger partial charge in [0.2, 0.25) is 15.9 Å². The van der Waals surface area contributed by atoms with Gasteiger partial charge >= 0.3 is 0 Å². The average molecular weight is 415 g/mol. The first-order chi connectivity index (χ1) is 13.8. The fourth-order valence-electron chi connectivity index (χ4n) is 3.50. The molecule has 1 amide bonds. The Bertz CT molecular complexity index is 1010. The van der Waals surface area contributed by atoms with E-state index in [-0.39, 0.29) is 35.6 Å². The van der Waals surface area contributed by atoms with Crippen LogP contribution in [0, 0.1) is 5.92 Å². The molecule has 0 atom stereocenters. The van der Waals surface area contributed by atoms with Crippen molar-refractivity contribution >= 4 is 27.4 Å². The van der Waals surface area contributed by atoms with Gasteiger partial charge in [-0.15, -0.1) is 0 Å². The molecule has 0 unspecified atom stereocenters. The standard InChI is InChI=1S/C22H26N2O4S/c1-3-17-6-4-8-20(14-17)23-22(26)18-10-12-24(13-11-18)29(27,28)21-9-5-7-19(15-21)16(2)25/h4-9,14-15,18H,3,10-13H2,1-2H3,(H,23,26). The first-order valence-corrected chi connectivity index (χ1v) is 11.3. The van der Waals surface area contributed by atoms with Gasteiger partial charge < -0.3 is 5.32 Å². The summed E-state index contributed by atoms with van der Waals surface area (Å²) in [5.74, 6) is -0.478. The summed E-state index contributed by atoms with van der Waals surface area (Å²) in [4.78, 5) is 24.3. The van der Waals surface area contributed by atoms with Crippen molar-refractivity contribution in [1.29, 1.82) is 0 Å². The number of sulfonamides is 1. The Morgan fingerprint density at radius 3 is 2.41 bits per heavy atom. The molecule has 1 saturated heterocycles. The van der Waals surface area contributed by atoms with Crippen molar-refractivity contribution < 1.29 is 18.0 Å². The minimum Gasteiger partial charge on any atom is -0.326 e. The van der Waals surface area contributed by atoms with Gasteiger partial charge in [0.25, 0.3) is 0 Å². The quantitative estimate of drug-likeness (QED) is 0.734. The monoisotopic (exact) mass is 414 g/mol. The number of piperidine rings is 1. The molecular weight excluding hydrogens is 388 g/mol. The number of hydrogen-bond donors (Lipinski definition) is 1. The predicted molar refractivity (Wildman–Crippen MR) is 112 cm³/mol. The van der Waals surface area contributed by atoms with Crippen molar-refractivity contribution in [3.63, 3.8) is 0 Å². The highest BCUT2D eigenvalue weighted by Gasteiger charge is 2.32. The summed E-state index contributed by atoms with van der Waals surface area (Å²) in [6.07, 6.45) is 1.82. The number of hydrogen-bond acceptors (Lipinski definition) is 4. The van der Waals surface area contributed by atoms with Crippen molar-refractivity contribution in [1.82, 2.24) is 4.31 Å². The first kappa shape index (κ1) is 21.2. The normalized spacial score (nSPS) is 15.8. The van der Waals surface area contributed by atoms with Crippen LogP contribution in [0.2, 0.25) is 0 Å². The molecule has 29 heavy (non-hydrogen) atoms. The first-order valence-electron chi connectivity index (χ1n) is 9.82. The summed E-state index contributed by atoms with van der Waals surface area (Å²) < 4.78 is 27.2. The van der Waals surface area contributed by atoms with Crippen LogP contribution in [-0.4, -0.2) is 37.5 Å². The smallest absolute Gasteiger partial charge is 0.243 e. The lowest BCUT2D eigenvalue weighted by Crippen LogP contribution is -2.41. The molecule has 0 aromatic heterocycles. The zero-order valence-electron chi connectivity index (χ0n) is 16.7. The van der Waals surface area contributed by atoms with Gasteiger partial charge in [0.15, 0.2) is 5.78 Å². The molecule has 2 aromatic carbocycles. The lowest BCUT2D eigenvalue weighted by atomic mass is 9.97. The van der Waals surface area contributed by atoms with E-state index in [1.165, 1.54) is 23.4 Å². The number of Topliss-reactive ketones (excluding diaryl/α,β-unsaturated/α-hetero) is 1. The molecule has 2 aromatic rings. The van der Waals surface area contributed by atoms with Crippen LogP contribution in [-0.2, 0) is 21.2 Å². The molecule has 1 heterocycles. The summed E-state index contributed by atoms with van der Waals surface area (Å²) in [5, 5.41) is 2.95. The number of amides is 1. The molecule has 1 aliphatic heterocycles. The van der Waals surface area contributed by atoms with E-state index in [0.717, 1.165) is 17.7 Å². The molecule has 7 heteroatoms. The SMILES string of the molecule is CCc1cccc(NC(=O)C2CCN(S(=O)(=O)c3cccc(C(C)=O)c3)CC2)c1. The average Bonchev–Trinajstić information content (AvgIpc) is 2.74. The third kappa shape index (κ3) is 4.92. The largest absolute Gasteiger partial charge is 0.326 e. The fourth-order valence-corrected chi connectivity index (χ4v) is 5.01. The van der Waals surface area contributed by atoms with Crippen molar-refractivity contribution in [2.24, 2.45) is 5.92 Å². The van der Waals surface area contributed by atoms with E-state index in [1.54, 1.807) is 12.1 Å². The van der Waals surface area contributed by atoms with Gasteiger partial charge in [0.05, 0.1) is 4.90 Å². The van der Waals surface area contributed by atoms with Crippen LogP contribution in [0.4, 0.5) is 5.69 Å². The topological polar surface area (TPSA) is 83.6 Å². The van der Waals surface area contributed by atoms with Gasteiger partial charge in [-0.05, 0) is 56.0 Å². The number of aryl methyl sites for hydroxylation is 1. The highest BCUT2D eigenvalue weighted by Crippen LogP contribution is 2.25. The van der Waals surface area contributed by atoms with Crippen molar-refractivity contribution in [3.8, 4) is 0 Å². The van der Waals surface area contributed by atoms with E-state index >= 15 is 0 Å². The maximum Gasteiger partial charge on any atom is 0.243 e. The number of nitrogens with zero attached hydrogens (tertiary/aromatic N) is 1. The lowest BCUT2D eigenvalue weighted by Gasteiger charge is -2.30. The van der Waals surface area contributed by atoms with Gasteiger partial charge in [-0.3, -0.25) is 9.59 Å². The van der Waals surface area contributed by atoms with Gasteiger partial charge in [-0.2, -0.15) is 4.31 Å². The third-order valence-electron chi connectivity index (χ3n) is 5.31. The number of rotatable bonds is 6. The third-order valence-corrected chi connectivity index (χ3v) is 7.20. The Hall–Kier alpha value is -2.51. The number of benzene rings is 2.